The summed E-state index contributed by atoms with van der Waals surface area (Å²) >= 11 is 0. The van der Waals surface area contributed by atoms with Gasteiger partial charge < -0.3 is 5.73 Å². The first-order valence-corrected chi connectivity index (χ1v) is 8.74. The van der Waals surface area contributed by atoms with Crippen molar-refractivity contribution in [1.29, 1.82) is 0 Å². The van der Waals surface area contributed by atoms with Crippen molar-refractivity contribution >= 4 is 0 Å². The smallest absolute Gasteiger partial charge is 0.0455 e. The number of nitrogens with zero attached hydrogens (tertiary/aromatic N) is 1. The van der Waals surface area contributed by atoms with Crippen molar-refractivity contribution < 1.29 is 0 Å². The van der Waals surface area contributed by atoms with Crippen molar-refractivity contribution in [1.82, 2.24) is 4.90 Å². The highest BCUT2D eigenvalue weighted by molar-refractivity contribution is 5.21. The van der Waals surface area contributed by atoms with Crippen molar-refractivity contribution in [2.24, 2.45) is 17.6 Å². The number of fused-ring (bicyclic) bond motifs is 1. The Morgan fingerprint density at radius 1 is 1.05 bits per heavy atom. The normalized spacial score (nSPS) is 29.3. The molecular weight excluding hydrogens is 256 g/mol. The average Bonchev–Trinajstić information content (AvgIpc) is 2.92. The predicted octanol–water partition coefficient (Wildman–Crippen LogP) is 3.98. The van der Waals surface area contributed by atoms with Crippen molar-refractivity contribution in [2.75, 3.05) is 6.54 Å². The summed E-state index contributed by atoms with van der Waals surface area (Å²) < 4.78 is 0. The van der Waals surface area contributed by atoms with Crippen molar-refractivity contribution in [3.8, 4) is 0 Å². The van der Waals surface area contributed by atoms with Gasteiger partial charge in [-0.25, -0.2) is 0 Å². The van der Waals surface area contributed by atoms with Crippen molar-refractivity contribution in [3.05, 3.63) is 35.9 Å². The van der Waals surface area contributed by atoms with E-state index in [1.807, 2.05) is 0 Å². The van der Waals surface area contributed by atoms with Gasteiger partial charge >= 0.3 is 0 Å². The number of benzene rings is 1. The Kier molecular flexibility index (Phi) is 4.66. The van der Waals surface area contributed by atoms with Gasteiger partial charge in [-0.15, -0.1) is 0 Å². The van der Waals surface area contributed by atoms with Crippen LogP contribution < -0.4 is 5.73 Å². The lowest BCUT2D eigenvalue weighted by atomic mass is 9.83. The Balaban J connectivity index is 1.81. The number of hydrogen-bond donors (Lipinski definition) is 1. The lowest BCUT2D eigenvalue weighted by Gasteiger charge is -2.42. The van der Waals surface area contributed by atoms with E-state index in [4.69, 9.17) is 5.73 Å². The van der Waals surface area contributed by atoms with Gasteiger partial charge in [-0.3, -0.25) is 4.90 Å². The molecule has 0 spiro atoms. The monoisotopic (exact) mass is 286 g/mol. The van der Waals surface area contributed by atoms with Gasteiger partial charge in [-0.05, 0) is 43.2 Å². The summed E-state index contributed by atoms with van der Waals surface area (Å²) in [5, 5.41) is 0. The molecule has 1 saturated heterocycles. The minimum Gasteiger partial charge on any atom is -0.323 e. The molecule has 1 heterocycles. The van der Waals surface area contributed by atoms with Crippen LogP contribution in [0.2, 0.25) is 0 Å². The third kappa shape index (κ3) is 3.02. The minimum absolute atomic E-state index is 0.131. The van der Waals surface area contributed by atoms with Gasteiger partial charge in [-0.2, -0.15) is 0 Å². The molecule has 21 heavy (non-hydrogen) atoms. The predicted molar refractivity (Wildman–Crippen MR) is 89.1 cm³/mol. The molecule has 2 fully saturated rings. The van der Waals surface area contributed by atoms with Crippen LogP contribution in [0.3, 0.4) is 0 Å². The zero-order valence-corrected chi connectivity index (χ0v) is 13.5. The summed E-state index contributed by atoms with van der Waals surface area (Å²) in [7, 11) is 0. The first-order valence-electron chi connectivity index (χ1n) is 8.74. The van der Waals surface area contributed by atoms with Crippen LogP contribution in [0.5, 0.6) is 0 Å². The quantitative estimate of drug-likeness (QED) is 0.907. The van der Waals surface area contributed by atoms with Gasteiger partial charge in [-0.1, -0.05) is 57.0 Å². The second kappa shape index (κ2) is 6.50. The summed E-state index contributed by atoms with van der Waals surface area (Å²) in [5.74, 6) is 1.53. The molecule has 0 bridgehead atoms. The van der Waals surface area contributed by atoms with Crippen LogP contribution in [-0.2, 0) is 0 Å². The maximum absolute atomic E-state index is 6.70. The fourth-order valence-electron chi connectivity index (χ4n) is 4.69. The van der Waals surface area contributed by atoms with E-state index in [2.05, 4.69) is 49.1 Å². The van der Waals surface area contributed by atoms with E-state index in [0.29, 0.717) is 12.0 Å². The molecule has 0 amide bonds. The number of nitrogens with two attached hydrogens (primary N) is 1. The fraction of sp³-hybridized carbons (Fsp3) is 0.684. The molecule has 1 aromatic rings. The minimum atomic E-state index is 0.131. The van der Waals surface area contributed by atoms with Crippen LogP contribution in [-0.4, -0.2) is 23.5 Å². The summed E-state index contributed by atoms with van der Waals surface area (Å²) in [6.45, 7) is 5.92. The van der Waals surface area contributed by atoms with Crippen LogP contribution in [0.4, 0.5) is 0 Å². The maximum atomic E-state index is 6.70. The van der Waals surface area contributed by atoms with E-state index in [-0.39, 0.29) is 6.04 Å². The van der Waals surface area contributed by atoms with Gasteiger partial charge in [0, 0.05) is 18.1 Å². The molecule has 2 aliphatic rings. The summed E-state index contributed by atoms with van der Waals surface area (Å²) in [4.78, 5) is 2.77. The molecular formula is C19H30N2. The molecule has 0 aromatic heterocycles. The van der Waals surface area contributed by atoms with E-state index in [9.17, 15) is 0 Å². The van der Waals surface area contributed by atoms with E-state index in [1.54, 1.807) is 0 Å². The summed E-state index contributed by atoms with van der Waals surface area (Å²) in [6.07, 6.45) is 7.05. The topological polar surface area (TPSA) is 29.3 Å². The lowest BCUT2D eigenvalue weighted by Crippen LogP contribution is -2.49. The third-order valence-electron chi connectivity index (χ3n) is 5.67. The second-order valence-electron chi connectivity index (χ2n) is 7.31. The molecule has 3 rings (SSSR count). The Bertz CT molecular complexity index is 442. The van der Waals surface area contributed by atoms with Crippen LogP contribution in [0, 0.1) is 11.8 Å². The lowest BCUT2D eigenvalue weighted by molar-refractivity contribution is 0.0867. The molecule has 1 saturated carbocycles. The summed E-state index contributed by atoms with van der Waals surface area (Å²) in [6, 6.07) is 12.1. The van der Waals surface area contributed by atoms with E-state index < -0.39 is 0 Å². The first-order chi connectivity index (χ1) is 10.2. The zero-order valence-electron chi connectivity index (χ0n) is 13.5. The van der Waals surface area contributed by atoms with Crippen LogP contribution >= 0.6 is 0 Å². The van der Waals surface area contributed by atoms with Gasteiger partial charge in [0.2, 0.25) is 0 Å². The zero-order chi connectivity index (χ0) is 14.8. The van der Waals surface area contributed by atoms with Crippen LogP contribution in [0.1, 0.15) is 57.6 Å². The Labute approximate surface area is 129 Å². The van der Waals surface area contributed by atoms with Gasteiger partial charge in [0.1, 0.15) is 0 Å². The molecule has 116 valence electrons. The molecule has 4 atom stereocenters. The Morgan fingerprint density at radius 3 is 2.48 bits per heavy atom. The largest absolute Gasteiger partial charge is 0.323 e. The maximum Gasteiger partial charge on any atom is 0.0455 e. The highest BCUT2D eigenvalue weighted by Gasteiger charge is 2.41. The van der Waals surface area contributed by atoms with Gasteiger partial charge in [0.05, 0.1) is 0 Å². The van der Waals surface area contributed by atoms with E-state index >= 15 is 0 Å². The summed E-state index contributed by atoms with van der Waals surface area (Å²) in [5.41, 5.74) is 7.99. The molecule has 2 nitrogen and oxygen atoms in total. The number of likely N-dealkylation sites (tertiary alicyclic amines) is 1. The van der Waals surface area contributed by atoms with Crippen molar-refractivity contribution in [3.63, 3.8) is 0 Å². The van der Waals surface area contributed by atoms with E-state index in [1.165, 1.54) is 44.2 Å². The first kappa shape index (κ1) is 15.1. The third-order valence-corrected chi connectivity index (χ3v) is 5.67. The molecule has 1 aromatic carbocycles. The Hall–Kier alpha value is -0.860. The second-order valence-corrected chi connectivity index (χ2v) is 7.31. The Morgan fingerprint density at radius 2 is 1.76 bits per heavy atom. The standard InChI is InChI=1S/C19H30N2/c1-14(2)19(18(20)16-9-4-3-5-10-16)21-13-12-15-8-6-7-11-17(15)21/h3-5,9-10,14-15,17-19H,6-8,11-13,20H2,1-2H3. The van der Waals surface area contributed by atoms with Crippen LogP contribution in [0.15, 0.2) is 30.3 Å². The van der Waals surface area contributed by atoms with Gasteiger partial charge in [0.25, 0.3) is 0 Å². The van der Waals surface area contributed by atoms with E-state index in [0.717, 1.165) is 12.0 Å². The van der Waals surface area contributed by atoms with Crippen LogP contribution in [0.25, 0.3) is 0 Å². The highest BCUT2D eigenvalue weighted by Crippen LogP contribution is 2.40. The average molecular weight is 286 g/mol. The fourth-order valence-corrected chi connectivity index (χ4v) is 4.69. The van der Waals surface area contributed by atoms with Gasteiger partial charge in [0.15, 0.2) is 0 Å². The molecule has 4 unspecified atom stereocenters. The number of rotatable bonds is 4. The molecule has 2 N–H and O–H groups in total. The molecule has 1 aliphatic heterocycles. The SMILES string of the molecule is CC(C)C(C(N)c1ccccc1)N1CCC2CCCCC21. The molecule has 2 heteroatoms. The van der Waals surface area contributed by atoms with Crippen molar-refractivity contribution in [2.45, 2.75) is 64.1 Å². The highest BCUT2D eigenvalue weighted by atomic mass is 15.2. The molecule has 0 radical (unpaired) electrons. The molecule has 1 aliphatic carbocycles. The number of hydrogen-bond acceptors (Lipinski definition) is 2.